The minimum atomic E-state index is -0.170. The lowest BCUT2D eigenvalue weighted by Gasteiger charge is -2.32. The number of pyridine rings is 1. The van der Waals surface area contributed by atoms with Crippen molar-refractivity contribution < 1.29 is 4.79 Å². The Labute approximate surface area is 125 Å². The molecule has 0 atom stereocenters. The molecular weight excluding hydrogens is 262 g/mol. The third kappa shape index (κ3) is 2.43. The number of amides is 1. The number of hydrazine groups is 1. The van der Waals surface area contributed by atoms with E-state index in [0.29, 0.717) is 12.2 Å². The second-order valence-electron chi connectivity index (χ2n) is 5.99. The van der Waals surface area contributed by atoms with E-state index in [9.17, 15) is 4.79 Å². The van der Waals surface area contributed by atoms with Crippen molar-refractivity contribution in [3.63, 3.8) is 0 Å². The molecule has 1 amide bonds. The Morgan fingerprint density at radius 2 is 1.76 bits per heavy atom. The Hall–Kier alpha value is -2.20. The first-order chi connectivity index (χ1) is 9.99. The molecule has 21 heavy (non-hydrogen) atoms. The fraction of sp³-hybridized carbons (Fsp3) is 0.294. The van der Waals surface area contributed by atoms with Crippen LogP contribution in [0.5, 0.6) is 0 Å². The van der Waals surface area contributed by atoms with Crippen molar-refractivity contribution in [2.45, 2.75) is 25.8 Å². The van der Waals surface area contributed by atoms with E-state index in [2.05, 4.69) is 18.8 Å². The van der Waals surface area contributed by atoms with E-state index in [1.807, 2.05) is 60.7 Å². The second kappa shape index (κ2) is 4.97. The fourth-order valence-corrected chi connectivity index (χ4v) is 2.59. The Morgan fingerprint density at radius 1 is 1.05 bits per heavy atom. The molecule has 108 valence electrons. The summed E-state index contributed by atoms with van der Waals surface area (Å²) in [6.45, 7) is 4.12. The second-order valence-corrected chi connectivity index (χ2v) is 5.99. The van der Waals surface area contributed by atoms with Crippen molar-refractivity contribution in [1.82, 2.24) is 9.99 Å². The number of aromatic nitrogens is 1. The standard InChI is InChI=1S/C17H19N3O/c1-17(2)11-16(21)20(19(17)3)15-10-9-14(12-18-15)13-7-5-4-6-8-13/h4-10,12H,11H2,1-3H3. The van der Waals surface area contributed by atoms with Crippen LogP contribution in [-0.4, -0.2) is 28.5 Å². The average Bonchev–Trinajstić information content (AvgIpc) is 2.68. The zero-order chi connectivity index (χ0) is 15.0. The first kappa shape index (κ1) is 13.8. The Morgan fingerprint density at radius 3 is 2.29 bits per heavy atom. The van der Waals surface area contributed by atoms with Gasteiger partial charge < -0.3 is 0 Å². The van der Waals surface area contributed by atoms with Gasteiger partial charge in [0.25, 0.3) is 0 Å². The summed E-state index contributed by atoms with van der Waals surface area (Å²) in [6, 6.07) is 14.0. The van der Waals surface area contributed by atoms with Crippen molar-refractivity contribution >= 4 is 11.7 Å². The third-order valence-corrected chi connectivity index (χ3v) is 4.07. The number of carbonyl (C=O) groups is 1. The summed E-state index contributed by atoms with van der Waals surface area (Å²) in [7, 11) is 1.93. The summed E-state index contributed by atoms with van der Waals surface area (Å²) in [5.41, 5.74) is 2.00. The van der Waals surface area contributed by atoms with Gasteiger partial charge in [-0.2, -0.15) is 0 Å². The maximum absolute atomic E-state index is 12.2. The van der Waals surface area contributed by atoms with Crippen LogP contribution in [0.4, 0.5) is 5.82 Å². The molecule has 1 saturated heterocycles. The van der Waals surface area contributed by atoms with Gasteiger partial charge in [0.2, 0.25) is 5.91 Å². The molecular formula is C17H19N3O. The van der Waals surface area contributed by atoms with Crippen LogP contribution in [0.25, 0.3) is 11.1 Å². The predicted molar refractivity (Wildman–Crippen MR) is 83.6 cm³/mol. The quantitative estimate of drug-likeness (QED) is 0.848. The molecule has 1 fully saturated rings. The van der Waals surface area contributed by atoms with Crippen molar-refractivity contribution in [2.75, 3.05) is 12.1 Å². The number of rotatable bonds is 2. The van der Waals surface area contributed by atoms with E-state index >= 15 is 0 Å². The molecule has 1 aromatic carbocycles. The highest BCUT2D eigenvalue weighted by Gasteiger charge is 2.42. The molecule has 2 heterocycles. The number of hydrogen-bond donors (Lipinski definition) is 0. The number of anilines is 1. The molecule has 4 heteroatoms. The summed E-state index contributed by atoms with van der Waals surface area (Å²) in [5.74, 6) is 0.759. The summed E-state index contributed by atoms with van der Waals surface area (Å²) >= 11 is 0. The van der Waals surface area contributed by atoms with Crippen LogP contribution in [-0.2, 0) is 4.79 Å². The largest absolute Gasteiger partial charge is 0.273 e. The molecule has 0 bridgehead atoms. The monoisotopic (exact) mass is 281 g/mol. The van der Waals surface area contributed by atoms with Crippen LogP contribution in [0, 0.1) is 0 Å². The molecule has 1 aromatic heterocycles. The molecule has 0 unspecified atom stereocenters. The van der Waals surface area contributed by atoms with Gasteiger partial charge in [0.1, 0.15) is 5.82 Å². The summed E-state index contributed by atoms with van der Waals surface area (Å²) in [4.78, 5) is 16.7. The van der Waals surface area contributed by atoms with Crippen LogP contribution in [0.3, 0.4) is 0 Å². The average molecular weight is 281 g/mol. The Bertz CT molecular complexity index is 649. The first-order valence-corrected chi connectivity index (χ1v) is 7.07. The highest BCUT2D eigenvalue weighted by atomic mass is 16.2. The lowest BCUT2D eigenvalue weighted by molar-refractivity contribution is -0.118. The molecule has 3 rings (SSSR count). The maximum atomic E-state index is 12.2. The van der Waals surface area contributed by atoms with Crippen LogP contribution in [0.15, 0.2) is 48.7 Å². The van der Waals surface area contributed by atoms with Crippen molar-refractivity contribution in [2.24, 2.45) is 0 Å². The number of benzene rings is 1. The van der Waals surface area contributed by atoms with Crippen LogP contribution >= 0.6 is 0 Å². The van der Waals surface area contributed by atoms with E-state index in [1.54, 1.807) is 5.01 Å². The zero-order valence-corrected chi connectivity index (χ0v) is 12.6. The van der Waals surface area contributed by atoms with Gasteiger partial charge in [0.05, 0.1) is 0 Å². The normalized spacial score (nSPS) is 18.2. The smallest absolute Gasteiger partial charge is 0.244 e. The van der Waals surface area contributed by atoms with Gasteiger partial charge >= 0.3 is 0 Å². The highest BCUT2D eigenvalue weighted by molar-refractivity contribution is 5.94. The summed E-state index contributed by atoms with van der Waals surface area (Å²) in [5, 5.41) is 3.62. The highest BCUT2D eigenvalue weighted by Crippen LogP contribution is 2.32. The maximum Gasteiger partial charge on any atom is 0.244 e. The van der Waals surface area contributed by atoms with Gasteiger partial charge in [-0.15, -0.1) is 0 Å². The van der Waals surface area contributed by atoms with Crippen LogP contribution in [0.2, 0.25) is 0 Å². The van der Waals surface area contributed by atoms with Gasteiger partial charge in [-0.1, -0.05) is 30.3 Å². The molecule has 0 N–H and O–H groups in total. The first-order valence-electron chi connectivity index (χ1n) is 7.07. The zero-order valence-electron chi connectivity index (χ0n) is 12.6. The number of carbonyl (C=O) groups excluding carboxylic acids is 1. The SMILES string of the molecule is CN1N(c2ccc(-c3ccccc3)cn2)C(=O)CC1(C)C. The molecule has 0 radical (unpaired) electrons. The molecule has 1 aliphatic rings. The van der Waals surface area contributed by atoms with Crippen molar-refractivity contribution in [3.05, 3.63) is 48.7 Å². The van der Waals surface area contributed by atoms with Gasteiger partial charge in [-0.25, -0.2) is 15.0 Å². The lowest BCUT2D eigenvalue weighted by atomic mass is 10.0. The predicted octanol–water partition coefficient (Wildman–Crippen LogP) is 3.11. The van der Waals surface area contributed by atoms with Crippen molar-refractivity contribution in [1.29, 1.82) is 0 Å². The Kier molecular flexibility index (Phi) is 3.26. The fourth-order valence-electron chi connectivity index (χ4n) is 2.59. The van der Waals surface area contributed by atoms with Crippen molar-refractivity contribution in [3.8, 4) is 11.1 Å². The van der Waals surface area contributed by atoms with Crippen LogP contribution in [0.1, 0.15) is 20.3 Å². The minimum Gasteiger partial charge on any atom is -0.273 e. The molecule has 0 aliphatic carbocycles. The number of nitrogens with zero attached hydrogens (tertiary/aromatic N) is 3. The molecule has 2 aromatic rings. The summed E-state index contributed by atoms with van der Waals surface area (Å²) < 4.78 is 0. The van der Waals surface area contributed by atoms with Gasteiger partial charge in [0.15, 0.2) is 0 Å². The molecule has 4 nitrogen and oxygen atoms in total. The topological polar surface area (TPSA) is 36.4 Å². The molecule has 1 aliphatic heterocycles. The van der Waals surface area contributed by atoms with E-state index in [0.717, 1.165) is 11.1 Å². The van der Waals surface area contributed by atoms with E-state index in [4.69, 9.17) is 0 Å². The lowest BCUT2D eigenvalue weighted by Crippen LogP contribution is -2.44. The third-order valence-electron chi connectivity index (χ3n) is 4.07. The minimum absolute atomic E-state index is 0.0856. The molecule has 0 saturated carbocycles. The van der Waals surface area contributed by atoms with E-state index in [1.165, 1.54) is 0 Å². The van der Waals surface area contributed by atoms with Gasteiger partial charge in [-0.3, -0.25) is 4.79 Å². The molecule has 0 spiro atoms. The van der Waals surface area contributed by atoms with E-state index in [-0.39, 0.29) is 11.4 Å². The number of hydrogen-bond acceptors (Lipinski definition) is 3. The Balaban J connectivity index is 1.90. The van der Waals surface area contributed by atoms with Crippen LogP contribution < -0.4 is 5.01 Å². The summed E-state index contributed by atoms with van der Waals surface area (Å²) in [6.07, 6.45) is 2.32. The van der Waals surface area contributed by atoms with Gasteiger partial charge in [-0.05, 0) is 31.5 Å². The van der Waals surface area contributed by atoms with E-state index < -0.39 is 0 Å². The van der Waals surface area contributed by atoms with Gasteiger partial charge in [0, 0.05) is 30.8 Å².